The van der Waals surface area contributed by atoms with Crippen molar-refractivity contribution in [2.75, 3.05) is 13.2 Å². The zero-order valence-electron chi connectivity index (χ0n) is 14.7. The van der Waals surface area contributed by atoms with Gasteiger partial charge < -0.3 is 9.47 Å². The van der Waals surface area contributed by atoms with E-state index in [1.165, 1.54) is 0 Å². The molecule has 0 fully saturated rings. The van der Waals surface area contributed by atoms with Crippen LogP contribution >= 0.6 is 0 Å². The maximum Gasteiger partial charge on any atom is 0.317 e. The van der Waals surface area contributed by atoms with Gasteiger partial charge >= 0.3 is 11.9 Å². The van der Waals surface area contributed by atoms with Crippen LogP contribution in [0.5, 0.6) is 0 Å². The maximum atomic E-state index is 12.2. The van der Waals surface area contributed by atoms with E-state index in [4.69, 9.17) is 9.47 Å². The van der Waals surface area contributed by atoms with Crippen LogP contribution in [-0.4, -0.2) is 30.9 Å². The highest BCUT2D eigenvalue weighted by atomic mass is 16.5. The molecule has 0 bridgehead atoms. The largest absolute Gasteiger partial charge is 0.465 e. The van der Waals surface area contributed by atoms with Gasteiger partial charge in [-0.05, 0) is 17.8 Å². The zero-order valence-corrected chi connectivity index (χ0v) is 14.7. The summed E-state index contributed by atoms with van der Waals surface area (Å²) in [4.78, 5) is 36.1. The van der Waals surface area contributed by atoms with Crippen molar-refractivity contribution in [2.24, 2.45) is 23.7 Å². The molecule has 0 aliphatic carbocycles. The predicted octanol–water partition coefficient (Wildman–Crippen LogP) is 3.01. The number of hydrogen-bond donors (Lipinski definition) is 0. The lowest BCUT2D eigenvalue weighted by Gasteiger charge is -2.17. The van der Waals surface area contributed by atoms with Crippen molar-refractivity contribution in [1.29, 1.82) is 0 Å². The number of rotatable bonds is 10. The van der Waals surface area contributed by atoms with Gasteiger partial charge in [0.05, 0.1) is 19.6 Å². The molecule has 0 aromatic carbocycles. The van der Waals surface area contributed by atoms with Crippen molar-refractivity contribution in [3.8, 4) is 0 Å². The lowest BCUT2D eigenvalue weighted by Crippen LogP contribution is -2.31. The fourth-order valence-electron chi connectivity index (χ4n) is 1.71. The highest BCUT2D eigenvalue weighted by Crippen LogP contribution is 2.16. The molecular weight excluding hydrogens is 284 g/mol. The van der Waals surface area contributed by atoms with Crippen molar-refractivity contribution in [3.05, 3.63) is 0 Å². The molecule has 0 aliphatic heterocycles. The number of hydrogen-bond acceptors (Lipinski definition) is 5. The van der Waals surface area contributed by atoms with E-state index < -0.39 is 17.9 Å². The minimum atomic E-state index is -1.05. The molecule has 0 rings (SSSR count). The van der Waals surface area contributed by atoms with Gasteiger partial charge in [0.25, 0.3) is 0 Å². The van der Waals surface area contributed by atoms with E-state index in [1.807, 2.05) is 41.5 Å². The first kappa shape index (κ1) is 20.6. The van der Waals surface area contributed by atoms with Crippen molar-refractivity contribution >= 4 is 17.7 Å². The minimum absolute atomic E-state index is 0.125. The Kier molecular flexibility index (Phi) is 9.70. The lowest BCUT2D eigenvalue weighted by molar-refractivity contribution is -0.159. The molecule has 0 aromatic heterocycles. The first-order chi connectivity index (χ1) is 10.1. The van der Waals surface area contributed by atoms with Gasteiger partial charge in [-0.15, -0.1) is 0 Å². The van der Waals surface area contributed by atoms with Gasteiger partial charge in [-0.25, -0.2) is 0 Å². The quantitative estimate of drug-likeness (QED) is 0.458. The standard InChI is InChI=1S/C17H30O5/c1-11(2)7-15(18)14(17(20)22-10-13(5)6)8-16(19)21-9-12(3)4/h11-14H,7-10H2,1-6H3. The van der Waals surface area contributed by atoms with Crippen molar-refractivity contribution < 1.29 is 23.9 Å². The molecule has 0 amide bonds. The summed E-state index contributed by atoms with van der Waals surface area (Å²) >= 11 is 0. The van der Waals surface area contributed by atoms with Crippen molar-refractivity contribution in [3.63, 3.8) is 0 Å². The van der Waals surface area contributed by atoms with Crippen LogP contribution in [0.15, 0.2) is 0 Å². The molecule has 5 nitrogen and oxygen atoms in total. The highest BCUT2D eigenvalue weighted by molar-refractivity contribution is 6.01. The lowest BCUT2D eigenvalue weighted by atomic mass is 9.93. The molecule has 0 aromatic rings. The number of Topliss-reactive ketones (excluding diaryl/α,β-unsaturated/α-hetero) is 1. The number of esters is 2. The fourth-order valence-corrected chi connectivity index (χ4v) is 1.71. The normalized spacial score (nSPS) is 12.6. The number of carbonyl (C=O) groups excluding carboxylic acids is 3. The topological polar surface area (TPSA) is 69.7 Å². The van der Waals surface area contributed by atoms with E-state index in [9.17, 15) is 14.4 Å². The number of ketones is 1. The van der Waals surface area contributed by atoms with Crippen LogP contribution in [0.3, 0.4) is 0 Å². The summed E-state index contributed by atoms with van der Waals surface area (Å²) < 4.78 is 10.2. The minimum Gasteiger partial charge on any atom is -0.465 e. The average molecular weight is 314 g/mol. The molecule has 0 saturated heterocycles. The Hall–Kier alpha value is -1.39. The van der Waals surface area contributed by atoms with E-state index in [2.05, 4.69) is 0 Å². The Morgan fingerprint density at radius 1 is 0.727 bits per heavy atom. The van der Waals surface area contributed by atoms with Gasteiger partial charge in [0, 0.05) is 6.42 Å². The SMILES string of the molecule is CC(C)COC(=O)CC(C(=O)CC(C)C)C(=O)OCC(C)C. The molecule has 0 aliphatic rings. The van der Waals surface area contributed by atoms with Gasteiger partial charge in [0.2, 0.25) is 0 Å². The smallest absolute Gasteiger partial charge is 0.317 e. The molecule has 128 valence electrons. The van der Waals surface area contributed by atoms with Crippen LogP contribution in [0, 0.1) is 23.7 Å². The van der Waals surface area contributed by atoms with Crippen LogP contribution in [0.4, 0.5) is 0 Å². The van der Waals surface area contributed by atoms with E-state index >= 15 is 0 Å². The van der Waals surface area contributed by atoms with Gasteiger partial charge in [0.1, 0.15) is 11.7 Å². The molecule has 22 heavy (non-hydrogen) atoms. The van der Waals surface area contributed by atoms with Gasteiger partial charge in [-0.3, -0.25) is 14.4 Å². The van der Waals surface area contributed by atoms with E-state index in [0.29, 0.717) is 0 Å². The van der Waals surface area contributed by atoms with Gasteiger partial charge in [0.15, 0.2) is 0 Å². The third-order valence-electron chi connectivity index (χ3n) is 2.79. The van der Waals surface area contributed by atoms with Crippen LogP contribution in [0.1, 0.15) is 54.4 Å². The first-order valence-electron chi connectivity index (χ1n) is 7.98. The molecule has 0 heterocycles. The summed E-state index contributed by atoms with van der Waals surface area (Å²) in [7, 11) is 0. The summed E-state index contributed by atoms with van der Waals surface area (Å²) in [6.07, 6.45) is 0.00804. The average Bonchev–Trinajstić information content (AvgIpc) is 2.38. The Morgan fingerprint density at radius 2 is 1.23 bits per heavy atom. The summed E-state index contributed by atoms with van der Waals surface area (Å²) in [5.74, 6) is -1.96. The Labute approximate surface area is 133 Å². The van der Waals surface area contributed by atoms with Gasteiger partial charge in [-0.1, -0.05) is 41.5 Å². The van der Waals surface area contributed by atoms with E-state index in [0.717, 1.165) is 0 Å². The Bertz CT molecular complexity index is 371. The monoisotopic (exact) mass is 314 g/mol. The molecule has 0 radical (unpaired) electrons. The maximum absolute atomic E-state index is 12.2. The zero-order chi connectivity index (χ0) is 17.3. The van der Waals surface area contributed by atoms with E-state index in [1.54, 1.807) is 0 Å². The second kappa shape index (κ2) is 10.4. The molecular formula is C17H30O5. The second-order valence-electron chi connectivity index (χ2n) is 6.92. The first-order valence-corrected chi connectivity index (χ1v) is 7.98. The van der Waals surface area contributed by atoms with Crippen molar-refractivity contribution in [2.45, 2.75) is 54.4 Å². The van der Waals surface area contributed by atoms with Crippen LogP contribution < -0.4 is 0 Å². The molecule has 0 N–H and O–H groups in total. The fraction of sp³-hybridized carbons (Fsp3) is 0.824. The molecule has 5 heteroatoms. The van der Waals surface area contributed by atoms with Crippen LogP contribution in [0.25, 0.3) is 0 Å². The second-order valence-corrected chi connectivity index (χ2v) is 6.92. The third-order valence-corrected chi connectivity index (χ3v) is 2.79. The molecule has 1 atom stereocenters. The highest BCUT2D eigenvalue weighted by Gasteiger charge is 2.31. The van der Waals surface area contributed by atoms with Gasteiger partial charge in [-0.2, -0.15) is 0 Å². The van der Waals surface area contributed by atoms with Crippen molar-refractivity contribution in [1.82, 2.24) is 0 Å². The Balaban J connectivity index is 4.74. The van der Waals surface area contributed by atoms with Crippen LogP contribution in [0.2, 0.25) is 0 Å². The molecule has 1 unspecified atom stereocenters. The number of ether oxygens (including phenoxy) is 2. The molecule has 0 spiro atoms. The summed E-state index contributed by atoms with van der Waals surface area (Å²) in [5, 5.41) is 0. The number of carbonyl (C=O) groups is 3. The van der Waals surface area contributed by atoms with E-state index in [-0.39, 0.29) is 49.6 Å². The van der Waals surface area contributed by atoms with Crippen LogP contribution in [-0.2, 0) is 23.9 Å². The predicted molar refractivity (Wildman–Crippen MR) is 84.2 cm³/mol. The third kappa shape index (κ3) is 9.53. The summed E-state index contributed by atoms with van der Waals surface area (Å²) in [5.41, 5.74) is 0. The molecule has 0 saturated carbocycles. The Morgan fingerprint density at radius 3 is 1.68 bits per heavy atom. The summed E-state index contributed by atoms with van der Waals surface area (Å²) in [6.45, 7) is 12.0. The summed E-state index contributed by atoms with van der Waals surface area (Å²) in [6, 6.07) is 0.